The number of amides is 1. The lowest BCUT2D eigenvalue weighted by atomic mass is 10.1. The van der Waals surface area contributed by atoms with E-state index in [-0.39, 0.29) is 41.9 Å². The first-order chi connectivity index (χ1) is 13.7. The summed E-state index contributed by atoms with van der Waals surface area (Å²) in [5.74, 6) is -0.371. The molecule has 6 nitrogen and oxygen atoms in total. The summed E-state index contributed by atoms with van der Waals surface area (Å²) >= 11 is 0. The number of carbonyl (C=O) groups is 2. The van der Waals surface area contributed by atoms with Crippen LogP contribution in [0.5, 0.6) is 0 Å². The lowest BCUT2D eigenvalue weighted by Gasteiger charge is -2.06. The van der Waals surface area contributed by atoms with Gasteiger partial charge in [-0.2, -0.15) is 13.2 Å². The summed E-state index contributed by atoms with van der Waals surface area (Å²) in [5, 5.41) is 10.2. The molecule has 29 heavy (non-hydrogen) atoms. The second-order valence-corrected chi connectivity index (χ2v) is 6.26. The number of aromatic nitrogens is 2. The molecule has 0 fully saturated rings. The fourth-order valence-electron chi connectivity index (χ4n) is 2.56. The SMILES string of the molecule is CC(=O)c1cccc(NC(=O)CCc2nnc(-c3cccc(C(F)(F)F)c3)o2)c1. The summed E-state index contributed by atoms with van der Waals surface area (Å²) in [6, 6.07) is 11.1. The molecule has 0 radical (unpaired) electrons. The van der Waals surface area contributed by atoms with Crippen molar-refractivity contribution in [1.82, 2.24) is 10.2 Å². The zero-order valence-electron chi connectivity index (χ0n) is 15.3. The highest BCUT2D eigenvalue weighted by Gasteiger charge is 2.30. The smallest absolute Gasteiger partial charge is 0.416 e. The van der Waals surface area contributed by atoms with E-state index < -0.39 is 11.7 Å². The number of halogens is 3. The Morgan fingerprint density at radius 1 is 1.07 bits per heavy atom. The minimum Gasteiger partial charge on any atom is -0.421 e. The lowest BCUT2D eigenvalue weighted by molar-refractivity contribution is -0.137. The third-order valence-electron chi connectivity index (χ3n) is 4.02. The standard InChI is InChI=1S/C20H16F3N3O3/c1-12(27)13-4-3-7-16(11-13)24-17(28)8-9-18-25-26-19(29-18)14-5-2-6-15(10-14)20(21,22)23/h2-7,10-11H,8-9H2,1H3,(H,24,28). The number of ketones is 1. The van der Waals surface area contributed by atoms with Crippen LogP contribution in [-0.2, 0) is 17.4 Å². The maximum atomic E-state index is 12.8. The van der Waals surface area contributed by atoms with Crippen LogP contribution in [0.15, 0.2) is 52.9 Å². The minimum absolute atomic E-state index is 0.0223. The molecule has 0 saturated heterocycles. The zero-order chi connectivity index (χ0) is 21.0. The number of hydrogen-bond donors (Lipinski definition) is 1. The maximum Gasteiger partial charge on any atom is 0.416 e. The first-order valence-electron chi connectivity index (χ1n) is 8.63. The van der Waals surface area contributed by atoms with Crippen molar-refractivity contribution in [2.24, 2.45) is 0 Å². The third-order valence-corrected chi connectivity index (χ3v) is 4.02. The fourth-order valence-corrected chi connectivity index (χ4v) is 2.56. The molecule has 0 atom stereocenters. The molecule has 9 heteroatoms. The molecule has 0 aliphatic rings. The quantitative estimate of drug-likeness (QED) is 0.612. The van der Waals surface area contributed by atoms with E-state index in [0.717, 1.165) is 12.1 Å². The fraction of sp³-hybridized carbons (Fsp3) is 0.200. The van der Waals surface area contributed by atoms with E-state index in [0.29, 0.717) is 11.3 Å². The van der Waals surface area contributed by atoms with E-state index in [1.807, 2.05) is 0 Å². The van der Waals surface area contributed by atoms with Crippen molar-refractivity contribution in [2.75, 3.05) is 5.32 Å². The molecule has 1 N–H and O–H groups in total. The number of rotatable bonds is 6. The van der Waals surface area contributed by atoms with Crippen molar-refractivity contribution < 1.29 is 27.2 Å². The second kappa shape index (κ2) is 8.26. The summed E-state index contributed by atoms with van der Waals surface area (Å²) in [4.78, 5) is 23.5. The van der Waals surface area contributed by atoms with Gasteiger partial charge in [0.05, 0.1) is 5.56 Å². The van der Waals surface area contributed by atoms with Gasteiger partial charge in [-0.15, -0.1) is 10.2 Å². The van der Waals surface area contributed by atoms with Gasteiger partial charge < -0.3 is 9.73 Å². The Kier molecular flexibility index (Phi) is 5.76. The molecule has 3 rings (SSSR count). The topological polar surface area (TPSA) is 85.1 Å². The van der Waals surface area contributed by atoms with E-state index >= 15 is 0 Å². The summed E-state index contributed by atoms with van der Waals surface area (Å²) < 4.78 is 43.8. The predicted octanol–water partition coefficient (Wildman–Crippen LogP) is 4.53. The average Bonchev–Trinajstić information content (AvgIpc) is 3.15. The number of aryl methyl sites for hydroxylation is 1. The summed E-state index contributed by atoms with van der Waals surface area (Å²) in [7, 11) is 0. The summed E-state index contributed by atoms with van der Waals surface area (Å²) in [6.45, 7) is 1.43. The van der Waals surface area contributed by atoms with Gasteiger partial charge in [0, 0.05) is 29.7 Å². The first kappa shape index (κ1) is 20.2. The number of Topliss-reactive ketones (excluding diaryl/α,β-unsaturated/α-hetero) is 1. The van der Waals surface area contributed by atoms with Gasteiger partial charge in [-0.1, -0.05) is 18.2 Å². The van der Waals surface area contributed by atoms with Crippen molar-refractivity contribution in [1.29, 1.82) is 0 Å². The van der Waals surface area contributed by atoms with Gasteiger partial charge in [-0.3, -0.25) is 9.59 Å². The molecule has 2 aromatic carbocycles. The Morgan fingerprint density at radius 3 is 2.55 bits per heavy atom. The van der Waals surface area contributed by atoms with Crippen LogP contribution in [0.1, 0.15) is 35.2 Å². The van der Waals surface area contributed by atoms with Crippen LogP contribution in [0.3, 0.4) is 0 Å². The Labute approximate surface area is 163 Å². The number of carbonyl (C=O) groups excluding carboxylic acids is 2. The molecule has 150 valence electrons. The van der Waals surface area contributed by atoms with E-state index in [1.165, 1.54) is 19.1 Å². The van der Waals surface area contributed by atoms with Crippen LogP contribution in [-0.4, -0.2) is 21.9 Å². The van der Waals surface area contributed by atoms with E-state index in [1.54, 1.807) is 24.3 Å². The predicted molar refractivity (Wildman–Crippen MR) is 98.1 cm³/mol. The lowest BCUT2D eigenvalue weighted by Crippen LogP contribution is -2.12. The van der Waals surface area contributed by atoms with Gasteiger partial charge in [0.15, 0.2) is 5.78 Å². The van der Waals surface area contributed by atoms with Gasteiger partial charge in [0.2, 0.25) is 17.7 Å². The van der Waals surface area contributed by atoms with Crippen LogP contribution >= 0.6 is 0 Å². The van der Waals surface area contributed by atoms with Gasteiger partial charge in [-0.05, 0) is 37.3 Å². The van der Waals surface area contributed by atoms with E-state index in [2.05, 4.69) is 15.5 Å². The molecule has 3 aromatic rings. The molecular weight excluding hydrogens is 387 g/mol. The monoisotopic (exact) mass is 403 g/mol. The highest BCUT2D eigenvalue weighted by molar-refractivity contribution is 5.97. The molecule has 0 aliphatic carbocycles. The summed E-state index contributed by atoms with van der Waals surface area (Å²) in [5.41, 5.74) is 0.286. The third kappa shape index (κ3) is 5.28. The Hall–Kier alpha value is -3.49. The second-order valence-electron chi connectivity index (χ2n) is 6.26. The van der Waals surface area contributed by atoms with Crippen LogP contribution in [0, 0.1) is 0 Å². The van der Waals surface area contributed by atoms with Crippen molar-refractivity contribution in [3.63, 3.8) is 0 Å². The molecular formula is C20H16F3N3O3. The highest BCUT2D eigenvalue weighted by Crippen LogP contribution is 2.31. The van der Waals surface area contributed by atoms with Crippen molar-refractivity contribution in [2.45, 2.75) is 25.9 Å². The van der Waals surface area contributed by atoms with Gasteiger partial charge in [0.1, 0.15) is 0 Å². The van der Waals surface area contributed by atoms with Crippen molar-refractivity contribution in [3.8, 4) is 11.5 Å². The number of anilines is 1. The molecule has 0 spiro atoms. The van der Waals surface area contributed by atoms with Crippen LogP contribution < -0.4 is 5.32 Å². The number of nitrogens with one attached hydrogen (secondary N) is 1. The highest BCUT2D eigenvalue weighted by atomic mass is 19.4. The molecule has 0 aliphatic heterocycles. The van der Waals surface area contributed by atoms with Crippen LogP contribution in [0.25, 0.3) is 11.5 Å². The molecule has 1 heterocycles. The normalized spacial score (nSPS) is 11.3. The van der Waals surface area contributed by atoms with Crippen LogP contribution in [0.2, 0.25) is 0 Å². The van der Waals surface area contributed by atoms with E-state index in [4.69, 9.17) is 4.42 Å². The zero-order valence-corrected chi connectivity index (χ0v) is 15.3. The summed E-state index contributed by atoms with van der Waals surface area (Å²) in [6.07, 6.45) is -4.34. The molecule has 0 unspecified atom stereocenters. The van der Waals surface area contributed by atoms with Gasteiger partial charge in [0.25, 0.3) is 0 Å². The molecule has 1 amide bonds. The van der Waals surface area contributed by atoms with Crippen molar-refractivity contribution >= 4 is 17.4 Å². The largest absolute Gasteiger partial charge is 0.421 e. The Morgan fingerprint density at radius 2 is 1.83 bits per heavy atom. The van der Waals surface area contributed by atoms with Crippen molar-refractivity contribution in [3.05, 3.63) is 65.5 Å². The van der Waals surface area contributed by atoms with Crippen LogP contribution in [0.4, 0.5) is 18.9 Å². The Balaban J connectivity index is 1.61. The molecule has 0 bridgehead atoms. The number of benzene rings is 2. The Bertz CT molecular complexity index is 1040. The number of nitrogens with zero attached hydrogens (tertiary/aromatic N) is 2. The molecule has 1 aromatic heterocycles. The number of alkyl halides is 3. The minimum atomic E-state index is -4.48. The maximum absolute atomic E-state index is 12.8. The van der Waals surface area contributed by atoms with Gasteiger partial charge >= 0.3 is 6.18 Å². The van der Waals surface area contributed by atoms with E-state index in [9.17, 15) is 22.8 Å². The first-order valence-corrected chi connectivity index (χ1v) is 8.63. The average molecular weight is 403 g/mol. The van der Waals surface area contributed by atoms with Gasteiger partial charge in [-0.25, -0.2) is 0 Å². The molecule has 0 saturated carbocycles. The number of hydrogen-bond acceptors (Lipinski definition) is 5.